The van der Waals surface area contributed by atoms with E-state index in [0.29, 0.717) is 36.0 Å². The number of ether oxygens (including phenoxy) is 3. The Morgan fingerprint density at radius 3 is 2.41 bits per heavy atom. The van der Waals surface area contributed by atoms with Gasteiger partial charge in [-0.15, -0.1) is 22.7 Å². The molecule has 1 atom stereocenters. The number of benzene rings is 2. The van der Waals surface area contributed by atoms with Gasteiger partial charge in [0.1, 0.15) is 6.61 Å². The van der Waals surface area contributed by atoms with E-state index in [4.69, 9.17) is 14.2 Å². The molecule has 2 aromatic carbocycles. The first-order valence-electron chi connectivity index (χ1n) is 11.0. The van der Waals surface area contributed by atoms with E-state index in [0.717, 1.165) is 16.9 Å². The molecular weight excluding hydrogens is 466 g/mol. The van der Waals surface area contributed by atoms with Gasteiger partial charge >= 0.3 is 0 Å². The lowest BCUT2D eigenvalue weighted by Gasteiger charge is -2.35. The lowest BCUT2D eigenvalue weighted by Crippen LogP contribution is -2.39. The predicted molar refractivity (Wildman–Crippen MR) is 136 cm³/mol. The minimum absolute atomic E-state index is 0.0542. The minimum Gasteiger partial charge on any atom is -0.493 e. The topological polar surface area (TPSA) is 48.0 Å². The van der Waals surface area contributed by atoms with Gasteiger partial charge in [0.2, 0.25) is 5.75 Å². The first-order chi connectivity index (χ1) is 16.7. The second kappa shape index (κ2) is 9.91. The SMILES string of the molecule is COc1cc(C(=O)N2CCc3sccc3C2c2cccs2)cc(OC)c1OCc1ccccc1. The minimum atomic E-state index is -0.0894. The molecule has 7 heteroatoms. The van der Waals surface area contributed by atoms with E-state index in [1.165, 1.54) is 10.4 Å². The molecule has 2 aromatic heterocycles. The summed E-state index contributed by atoms with van der Waals surface area (Å²) < 4.78 is 17.3. The van der Waals surface area contributed by atoms with Crippen LogP contribution in [0.25, 0.3) is 0 Å². The summed E-state index contributed by atoms with van der Waals surface area (Å²) in [5.74, 6) is 1.37. The first-order valence-corrected chi connectivity index (χ1v) is 12.8. The van der Waals surface area contributed by atoms with Crippen LogP contribution in [0.15, 0.2) is 71.4 Å². The zero-order valence-corrected chi connectivity index (χ0v) is 20.7. The number of amides is 1. The van der Waals surface area contributed by atoms with Crippen LogP contribution in [0, 0.1) is 0 Å². The highest BCUT2D eigenvalue weighted by molar-refractivity contribution is 7.10. The Hall–Kier alpha value is -3.29. The van der Waals surface area contributed by atoms with Crippen molar-refractivity contribution in [3.05, 3.63) is 97.9 Å². The first kappa shape index (κ1) is 22.5. The fourth-order valence-corrected chi connectivity index (χ4v) is 6.09. The van der Waals surface area contributed by atoms with Crippen LogP contribution in [0.1, 0.15) is 37.3 Å². The molecule has 0 saturated heterocycles. The Kier molecular flexibility index (Phi) is 6.56. The summed E-state index contributed by atoms with van der Waals surface area (Å²) >= 11 is 3.44. The maximum atomic E-state index is 13.8. The summed E-state index contributed by atoms with van der Waals surface area (Å²) in [4.78, 5) is 18.3. The third-order valence-corrected chi connectivity index (χ3v) is 7.89. The summed E-state index contributed by atoms with van der Waals surface area (Å²) in [6, 6.07) is 19.6. The molecular formula is C27H25NO4S2. The molecule has 5 rings (SSSR count). The smallest absolute Gasteiger partial charge is 0.254 e. The molecule has 0 fully saturated rings. The fourth-order valence-electron chi connectivity index (χ4n) is 4.33. The fraction of sp³-hybridized carbons (Fsp3) is 0.222. The predicted octanol–water partition coefficient (Wildman–Crippen LogP) is 6.19. The van der Waals surface area contributed by atoms with Crippen LogP contribution in [0.2, 0.25) is 0 Å². The lowest BCUT2D eigenvalue weighted by molar-refractivity contribution is 0.0698. The van der Waals surface area contributed by atoms with Gasteiger partial charge in [0.15, 0.2) is 11.5 Å². The molecule has 0 aliphatic carbocycles. The van der Waals surface area contributed by atoms with Crippen molar-refractivity contribution in [1.29, 1.82) is 0 Å². The van der Waals surface area contributed by atoms with Crippen molar-refractivity contribution in [3.8, 4) is 17.2 Å². The number of nitrogens with zero attached hydrogens (tertiary/aromatic N) is 1. The van der Waals surface area contributed by atoms with E-state index in [2.05, 4.69) is 22.9 Å². The van der Waals surface area contributed by atoms with Crippen molar-refractivity contribution in [2.45, 2.75) is 19.1 Å². The van der Waals surface area contributed by atoms with Gasteiger partial charge in [0, 0.05) is 21.9 Å². The van der Waals surface area contributed by atoms with Crippen molar-refractivity contribution < 1.29 is 19.0 Å². The zero-order chi connectivity index (χ0) is 23.5. The number of methoxy groups -OCH3 is 2. The molecule has 0 spiro atoms. The highest BCUT2D eigenvalue weighted by Gasteiger charge is 2.34. The van der Waals surface area contributed by atoms with Gasteiger partial charge in [-0.25, -0.2) is 0 Å². The average molecular weight is 492 g/mol. The van der Waals surface area contributed by atoms with Gasteiger partial charge in [-0.2, -0.15) is 0 Å². The lowest BCUT2D eigenvalue weighted by atomic mass is 9.97. The van der Waals surface area contributed by atoms with E-state index in [9.17, 15) is 4.79 Å². The molecule has 0 N–H and O–H groups in total. The molecule has 1 aliphatic rings. The molecule has 0 radical (unpaired) electrons. The Morgan fingerprint density at radius 1 is 0.971 bits per heavy atom. The van der Waals surface area contributed by atoms with Gasteiger partial charge in [-0.3, -0.25) is 4.79 Å². The van der Waals surface area contributed by atoms with Crippen LogP contribution in [0.3, 0.4) is 0 Å². The number of hydrogen-bond donors (Lipinski definition) is 0. The summed E-state index contributed by atoms with van der Waals surface area (Å²) in [6.07, 6.45) is 0.854. The van der Waals surface area contributed by atoms with Gasteiger partial charge in [-0.05, 0) is 52.6 Å². The Morgan fingerprint density at radius 2 is 1.74 bits per heavy atom. The molecule has 0 saturated carbocycles. The largest absolute Gasteiger partial charge is 0.493 e. The number of hydrogen-bond acceptors (Lipinski definition) is 6. The van der Waals surface area contributed by atoms with Crippen LogP contribution in [-0.4, -0.2) is 31.6 Å². The van der Waals surface area contributed by atoms with Crippen molar-refractivity contribution >= 4 is 28.6 Å². The highest BCUT2D eigenvalue weighted by Crippen LogP contribution is 2.43. The van der Waals surface area contributed by atoms with E-state index in [1.54, 1.807) is 49.0 Å². The molecule has 0 bridgehead atoms. The van der Waals surface area contributed by atoms with Crippen molar-refractivity contribution in [2.75, 3.05) is 20.8 Å². The zero-order valence-electron chi connectivity index (χ0n) is 19.0. The molecule has 174 valence electrons. The van der Waals surface area contributed by atoms with Crippen LogP contribution < -0.4 is 14.2 Å². The standard InChI is InChI=1S/C27H25NO4S2/c1-30-21-15-19(16-22(31-2)26(21)32-17-18-7-4-3-5-8-18)27(29)28-12-10-23-20(11-14-34-23)25(28)24-9-6-13-33-24/h3-9,11,13-16,25H,10,12,17H2,1-2H3. The number of thiophene rings is 2. The third-order valence-electron chi connectivity index (χ3n) is 5.97. The number of fused-ring (bicyclic) bond motifs is 1. The molecule has 1 amide bonds. The van der Waals surface area contributed by atoms with Crippen LogP contribution >= 0.6 is 22.7 Å². The van der Waals surface area contributed by atoms with Gasteiger partial charge in [0.25, 0.3) is 5.91 Å². The average Bonchev–Trinajstić information content (AvgIpc) is 3.59. The quantitative estimate of drug-likeness (QED) is 0.309. The number of carbonyl (C=O) groups is 1. The Labute approximate surface area is 207 Å². The summed E-state index contributed by atoms with van der Waals surface area (Å²) in [5.41, 5.74) is 2.76. The van der Waals surface area contributed by atoms with E-state index < -0.39 is 0 Å². The Balaban J connectivity index is 1.47. The van der Waals surface area contributed by atoms with Crippen molar-refractivity contribution in [2.24, 2.45) is 0 Å². The summed E-state index contributed by atoms with van der Waals surface area (Å²) in [6.45, 7) is 1.03. The number of carbonyl (C=O) groups excluding carboxylic acids is 1. The maximum absolute atomic E-state index is 13.8. The summed E-state index contributed by atoms with van der Waals surface area (Å²) in [5, 5.41) is 4.17. The van der Waals surface area contributed by atoms with Gasteiger partial charge in [0.05, 0.1) is 20.3 Å². The second-order valence-corrected chi connectivity index (χ2v) is 9.93. The van der Waals surface area contributed by atoms with E-state index >= 15 is 0 Å². The number of rotatable bonds is 7. The molecule has 3 heterocycles. The molecule has 1 aliphatic heterocycles. The second-order valence-electron chi connectivity index (χ2n) is 7.95. The van der Waals surface area contributed by atoms with Gasteiger partial charge in [-0.1, -0.05) is 36.4 Å². The summed E-state index contributed by atoms with van der Waals surface area (Å²) in [7, 11) is 3.15. The highest BCUT2D eigenvalue weighted by atomic mass is 32.1. The van der Waals surface area contributed by atoms with E-state index in [1.807, 2.05) is 41.3 Å². The molecule has 4 aromatic rings. The van der Waals surface area contributed by atoms with Gasteiger partial charge < -0.3 is 19.1 Å². The van der Waals surface area contributed by atoms with Crippen LogP contribution in [0.5, 0.6) is 17.2 Å². The Bertz CT molecular complexity index is 1240. The van der Waals surface area contributed by atoms with Crippen molar-refractivity contribution in [3.63, 3.8) is 0 Å². The molecule has 34 heavy (non-hydrogen) atoms. The third kappa shape index (κ3) is 4.29. The monoisotopic (exact) mass is 491 g/mol. The molecule has 1 unspecified atom stereocenters. The maximum Gasteiger partial charge on any atom is 0.254 e. The van der Waals surface area contributed by atoms with E-state index in [-0.39, 0.29) is 11.9 Å². The van der Waals surface area contributed by atoms with Crippen LogP contribution in [-0.2, 0) is 13.0 Å². The molecule has 5 nitrogen and oxygen atoms in total. The van der Waals surface area contributed by atoms with Crippen molar-refractivity contribution in [1.82, 2.24) is 4.90 Å². The normalized spacial score (nSPS) is 15.0. The van der Waals surface area contributed by atoms with Crippen LogP contribution in [0.4, 0.5) is 0 Å².